The van der Waals surface area contributed by atoms with Gasteiger partial charge in [0.2, 0.25) is 0 Å². The second kappa shape index (κ2) is 14.9. The van der Waals surface area contributed by atoms with E-state index >= 15 is 0 Å². The third-order valence-electron chi connectivity index (χ3n) is 12.4. The standard InChI is InChI=1S/C59H41N/c1-5-21-42(22-6-1)48-31-15-16-34-52(48)58-50(44-23-7-2-8-24-44)35-20-38-57(58)60(56-37-19-26-43-25-13-14-32-49(43)56)47-39-40-55-53(41-47)51-33-17-18-36-54(51)59(55,45-27-9-3-10-28-45)46-29-11-4-12-30-46/h1-41H. The van der Waals surface area contributed by atoms with Gasteiger partial charge in [-0.2, -0.15) is 0 Å². The van der Waals surface area contributed by atoms with Crippen molar-refractivity contribution < 1.29 is 0 Å². The van der Waals surface area contributed by atoms with Crippen LogP contribution in [0.4, 0.5) is 17.1 Å². The molecule has 11 rings (SSSR count). The van der Waals surface area contributed by atoms with Crippen LogP contribution in [0.1, 0.15) is 22.3 Å². The van der Waals surface area contributed by atoms with Gasteiger partial charge < -0.3 is 4.90 Å². The smallest absolute Gasteiger partial charge is 0.0713 e. The molecule has 0 atom stereocenters. The Bertz CT molecular complexity index is 3090. The summed E-state index contributed by atoms with van der Waals surface area (Å²) in [6.07, 6.45) is 0. The van der Waals surface area contributed by atoms with Gasteiger partial charge in [-0.25, -0.2) is 0 Å². The Morgan fingerprint density at radius 3 is 1.48 bits per heavy atom. The Balaban J connectivity index is 1.24. The third kappa shape index (κ3) is 5.70. The minimum atomic E-state index is -0.482. The van der Waals surface area contributed by atoms with E-state index in [-0.39, 0.29) is 0 Å². The first kappa shape index (κ1) is 35.4. The van der Waals surface area contributed by atoms with Gasteiger partial charge in [0, 0.05) is 16.6 Å². The highest BCUT2D eigenvalue weighted by Gasteiger charge is 2.46. The summed E-state index contributed by atoms with van der Waals surface area (Å²) in [5.41, 5.74) is 17.6. The molecule has 1 aliphatic carbocycles. The zero-order valence-electron chi connectivity index (χ0n) is 33.1. The summed E-state index contributed by atoms with van der Waals surface area (Å²) in [7, 11) is 0. The van der Waals surface area contributed by atoms with Crippen LogP contribution in [0.2, 0.25) is 0 Å². The van der Waals surface area contributed by atoms with Crippen molar-refractivity contribution in [2.24, 2.45) is 0 Å². The molecule has 1 heteroatoms. The number of fused-ring (bicyclic) bond motifs is 4. The van der Waals surface area contributed by atoms with Crippen LogP contribution in [-0.4, -0.2) is 0 Å². The van der Waals surface area contributed by atoms with Crippen molar-refractivity contribution in [1.82, 2.24) is 0 Å². The first-order valence-corrected chi connectivity index (χ1v) is 20.8. The normalized spacial score (nSPS) is 12.5. The molecule has 0 unspecified atom stereocenters. The van der Waals surface area contributed by atoms with Crippen LogP contribution in [-0.2, 0) is 5.41 Å². The van der Waals surface area contributed by atoms with Gasteiger partial charge in [-0.1, -0.05) is 224 Å². The van der Waals surface area contributed by atoms with Crippen LogP contribution in [0.25, 0.3) is 55.3 Å². The number of hydrogen-bond acceptors (Lipinski definition) is 1. The Kier molecular flexibility index (Phi) is 8.79. The van der Waals surface area contributed by atoms with Crippen molar-refractivity contribution in [3.05, 3.63) is 271 Å². The highest BCUT2D eigenvalue weighted by Crippen LogP contribution is 2.58. The lowest BCUT2D eigenvalue weighted by Crippen LogP contribution is -2.28. The van der Waals surface area contributed by atoms with Gasteiger partial charge >= 0.3 is 0 Å². The van der Waals surface area contributed by atoms with Gasteiger partial charge in [0.05, 0.1) is 16.8 Å². The first-order chi connectivity index (χ1) is 29.8. The van der Waals surface area contributed by atoms with Crippen molar-refractivity contribution in [1.29, 1.82) is 0 Å². The van der Waals surface area contributed by atoms with Gasteiger partial charge in [-0.15, -0.1) is 0 Å². The van der Waals surface area contributed by atoms with E-state index in [0.717, 1.165) is 17.1 Å². The molecule has 1 nitrogen and oxygen atoms in total. The number of nitrogens with zero attached hydrogens (tertiary/aromatic N) is 1. The van der Waals surface area contributed by atoms with Crippen LogP contribution >= 0.6 is 0 Å². The second-order valence-corrected chi connectivity index (χ2v) is 15.6. The molecule has 0 N–H and O–H groups in total. The lowest BCUT2D eigenvalue weighted by atomic mass is 9.68. The summed E-state index contributed by atoms with van der Waals surface area (Å²) >= 11 is 0. The molecule has 60 heavy (non-hydrogen) atoms. The molecular formula is C59H41N. The van der Waals surface area contributed by atoms with E-state index in [4.69, 9.17) is 0 Å². The predicted molar refractivity (Wildman–Crippen MR) is 252 cm³/mol. The largest absolute Gasteiger partial charge is 0.309 e. The molecule has 0 aromatic heterocycles. The van der Waals surface area contributed by atoms with Gasteiger partial charge in [-0.3, -0.25) is 0 Å². The zero-order valence-corrected chi connectivity index (χ0v) is 33.1. The van der Waals surface area contributed by atoms with Crippen LogP contribution < -0.4 is 4.90 Å². The fourth-order valence-corrected chi connectivity index (χ4v) is 9.83. The van der Waals surface area contributed by atoms with Gasteiger partial charge in [0.1, 0.15) is 0 Å². The van der Waals surface area contributed by atoms with Crippen molar-refractivity contribution in [2.75, 3.05) is 4.90 Å². The lowest BCUT2D eigenvalue weighted by molar-refractivity contribution is 0.768. The van der Waals surface area contributed by atoms with E-state index in [9.17, 15) is 0 Å². The van der Waals surface area contributed by atoms with Crippen LogP contribution in [0.15, 0.2) is 249 Å². The number of anilines is 3. The molecule has 0 heterocycles. The van der Waals surface area contributed by atoms with Crippen LogP contribution in [0.3, 0.4) is 0 Å². The molecule has 0 bridgehead atoms. The van der Waals surface area contributed by atoms with E-state index in [1.165, 1.54) is 77.5 Å². The monoisotopic (exact) mass is 763 g/mol. The fraction of sp³-hybridized carbons (Fsp3) is 0.0169. The van der Waals surface area contributed by atoms with E-state index in [2.05, 4.69) is 254 Å². The minimum Gasteiger partial charge on any atom is -0.309 e. The van der Waals surface area contributed by atoms with Crippen molar-refractivity contribution >= 4 is 27.8 Å². The summed E-state index contributed by atoms with van der Waals surface area (Å²) in [5.74, 6) is 0. The van der Waals surface area contributed by atoms with Crippen LogP contribution in [0, 0.1) is 0 Å². The molecule has 0 saturated heterocycles. The molecule has 1 aliphatic rings. The average molecular weight is 764 g/mol. The molecule has 0 saturated carbocycles. The molecule has 0 fully saturated rings. The van der Waals surface area contributed by atoms with E-state index in [1.807, 2.05) is 0 Å². The summed E-state index contributed by atoms with van der Waals surface area (Å²) in [6.45, 7) is 0. The molecule has 10 aromatic carbocycles. The van der Waals surface area contributed by atoms with E-state index in [0.29, 0.717) is 0 Å². The predicted octanol–water partition coefficient (Wildman–Crippen LogP) is 15.7. The molecule has 282 valence electrons. The number of hydrogen-bond donors (Lipinski definition) is 0. The minimum absolute atomic E-state index is 0.482. The summed E-state index contributed by atoms with van der Waals surface area (Å²) in [4.78, 5) is 2.51. The highest BCUT2D eigenvalue weighted by atomic mass is 15.1. The maximum Gasteiger partial charge on any atom is 0.0713 e. The SMILES string of the molecule is c1ccc(-c2ccccc2-c2c(-c3ccccc3)cccc2N(c2ccc3c(c2)-c2ccccc2C3(c2ccccc2)c2ccccc2)c2cccc3ccccc23)cc1. The topological polar surface area (TPSA) is 3.24 Å². The summed E-state index contributed by atoms with van der Waals surface area (Å²) < 4.78 is 0. The second-order valence-electron chi connectivity index (χ2n) is 15.6. The fourth-order valence-electron chi connectivity index (χ4n) is 9.83. The average Bonchev–Trinajstić information content (AvgIpc) is 3.63. The molecule has 0 radical (unpaired) electrons. The summed E-state index contributed by atoms with van der Waals surface area (Å²) in [6, 6.07) is 91.1. The van der Waals surface area contributed by atoms with Gasteiger partial charge in [0.15, 0.2) is 0 Å². The van der Waals surface area contributed by atoms with Crippen molar-refractivity contribution in [2.45, 2.75) is 5.41 Å². The molecular weight excluding hydrogens is 723 g/mol. The Morgan fingerprint density at radius 2 is 0.783 bits per heavy atom. The van der Waals surface area contributed by atoms with Crippen molar-refractivity contribution in [3.63, 3.8) is 0 Å². The molecule has 0 aliphatic heterocycles. The third-order valence-corrected chi connectivity index (χ3v) is 12.4. The van der Waals surface area contributed by atoms with Gasteiger partial charge in [0.25, 0.3) is 0 Å². The Hall–Kier alpha value is -7.74. The van der Waals surface area contributed by atoms with Crippen molar-refractivity contribution in [3.8, 4) is 44.5 Å². The Labute approximate surface area is 352 Å². The lowest BCUT2D eigenvalue weighted by Gasteiger charge is -2.34. The maximum atomic E-state index is 2.51. The van der Waals surface area contributed by atoms with E-state index in [1.54, 1.807) is 0 Å². The van der Waals surface area contributed by atoms with Gasteiger partial charge in [-0.05, 0) is 90.8 Å². The molecule has 0 spiro atoms. The number of benzene rings is 10. The summed E-state index contributed by atoms with van der Waals surface area (Å²) in [5, 5.41) is 2.39. The number of rotatable bonds is 8. The zero-order chi connectivity index (χ0) is 39.9. The molecule has 10 aromatic rings. The molecule has 0 amide bonds. The van der Waals surface area contributed by atoms with E-state index < -0.39 is 5.41 Å². The quantitative estimate of drug-likeness (QED) is 0.149. The Morgan fingerprint density at radius 1 is 0.300 bits per heavy atom. The first-order valence-electron chi connectivity index (χ1n) is 20.8. The highest BCUT2D eigenvalue weighted by molar-refractivity contribution is 6.06. The maximum absolute atomic E-state index is 2.51. The van der Waals surface area contributed by atoms with Crippen LogP contribution in [0.5, 0.6) is 0 Å².